The van der Waals surface area contributed by atoms with Crippen LogP contribution in [0.5, 0.6) is 0 Å². The standard InChI is InChI=1S/C12H24N2O2/c1-3-4-5-7-14-8-6-12(2,10-14)13-9-11(15)16/h13H,3-10H2,1-2H3,(H,15,16). The minimum atomic E-state index is -0.773. The molecule has 1 unspecified atom stereocenters. The molecule has 4 heteroatoms. The van der Waals surface area contributed by atoms with Crippen LogP contribution in [0.1, 0.15) is 39.5 Å². The third-order valence-electron chi connectivity index (χ3n) is 3.30. The highest BCUT2D eigenvalue weighted by Gasteiger charge is 2.33. The van der Waals surface area contributed by atoms with Crippen LogP contribution in [0.15, 0.2) is 0 Å². The lowest BCUT2D eigenvalue weighted by molar-refractivity contribution is -0.136. The first-order valence-corrected chi connectivity index (χ1v) is 6.25. The molecule has 0 spiro atoms. The molecule has 1 rings (SSSR count). The Balaban J connectivity index is 2.24. The molecule has 0 bridgehead atoms. The maximum absolute atomic E-state index is 10.5. The van der Waals surface area contributed by atoms with Crippen LogP contribution in [-0.2, 0) is 4.79 Å². The zero-order valence-corrected chi connectivity index (χ0v) is 10.5. The first kappa shape index (κ1) is 13.5. The molecule has 0 aromatic heterocycles. The Hall–Kier alpha value is -0.610. The van der Waals surface area contributed by atoms with E-state index in [1.807, 2.05) is 0 Å². The van der Waals surface area contributed by atoms with Crippen LogP contribution in [0.4, 0.5) is 0 Å². The van der Waals surface area contributed by atoms with E-state index >= 15 is 0 Å². The van der Waals surface area contributed by atoms with Gasteiger partial charge in [0, 0.05) is 18.6 Å². The maximum Gasteiger partial charge on any atom is 0.317 e. The minimum Gasteiger partial charge on any atom is -0.480 e. The first-order chi connectivity index (χ1) is 7.56. The molecule has 16 heavy (non-hydrogen) atoms. The van der Waals surface area contributed by atoms with E-state index in [9.17, 15) is 4.79 Å². The van der Waals surface area contributed by atoms with Crippen molar-refractivity contribution in [2.75, 3.05) is 26.2 Å². The summed E-state index contributed by atoms with van der Waals surface area (Å²) in [7, 11) is 0. The lowest BCUT2D eigenvalue weighted by atomic mass is 10.0. The number of rotatable bonds is 7. The number of hydrogen-bond acceptors (Lipinski definition) is 3. The fraction of sp³-hybridized carbons (Fsp3) is 0.917. The predicted octanol–water partition coefficient (Wildman–Crippen LogP) is 1.32. The Morgan fingerprint density at radius 3 is 2.88 bits per heavy atom. The van der Waals surface area contributed by atoms with Gasteiger partial charge in [0.1, 0.15) is 0 Å². The quantitative estimate of drug-likeness (QED) is 0.645. The van der Waals surface area contributed by atoms with Crippen LogP contribution in [0, 0.1) is 0 Å². The van der Waals surface area contributed by atoms with E-state index in [2.05, 4.69) is 24.1 Å². The molecule has 4 nitrogen and oxygen atoms in total. The Labute approximate surface area is 98.0 Å². The molecule has 94 valence electrons. The zero-order chi connectivity index (χ0) is 12.0. The second kappa shape index (κ2) is 6.21. The summed E-state index contributed by atoms with van der Waals surface area (Å²) in [5.74, 6) is -0.773. The molecular weight excluding hydrogens is 204 g/mol. The average Bonchev–Trinajstić information content (AvgIpc) is 2.59. The smallest absolute Gasteiger partial charge is 0.317 e. The van der Waals surface area contributed by atoms with Crippen LogP contribution in [-0.4, -0.2) is 47.7 Å². The Kier molecular flexibility index (Phi) is 5.22. The van der Waals surface area contributed by atoms with E-state index in [4.69, 9.17) is 5.11 Å². The number of nitrogens with zero attached hydrogens (tertiary/aromatic N) is 1. The van der Waals surface area contributed by atoms with Crippen molar-refractivity contribution in [3.05, 3.63) is 0 Å². The minimum absolute atomic E-state index is 0.00932. The number of nitrogens with one attached hydrogen (secondary N) is 1. The maximum atomic E-state index is 10.5. The molecule has 0 aromatic rings. The van der Waals surface area contributed by atoms with Crippen molar-refractivity contribution in [2.24, 2.45) is 0 Å². The summed E-state index contributed by atoms with van der Waals surface area (Å²) in [5.41, 5.74) is -0.00932. The topological polar surface area (TPSA) is 52.6 Å². The second-order valence-electron chi connectivity index (χ2n) is 5.04. The molecule has 1 fully saturated rings. The number of carbonyl (C=O) groups is 1. The van der Waals surface area contributed by atoms with Crippen molar-refractivity contribution < 1.29 is 9.90 Å². The van der Waals surface area contributed by atoms with Crippen molar-refractivity contribution in [3.63, 3.8) is 0 Å². The number of carboxylic acids is 1. The molecule has 0 saturated carbocycles. The van der Waals surface area contributed by atoms with E-state index in [1.54, 1.807) is 0 Å². The molecule has 1 saturated heterocycles. The van der Waals surface area contributed by atoms with Gasteiger partial charge < -0.3 is 15.3 Å². The fourth-order valence-electron chi connectivity index (χ4n) is 2.27. The summed E-state index contributed by atoms with van der Waals surface area (Å²) in [6, 6.07) is 0. The second-order valence-corrected chi connectivity index (χ2v) is 5.04. The normalized spacial score (nSPS) is 26.1. The van der Waals surface area contributed by atoms with E-state index in [-0.39, 0.29) is 12.1 Å². The molecule has 2 N–H and O–H groups in total. The molecule has 0 radical (unpaired) electrons. The van der Waals surface area contributed by atoms with Crippen LogP contribution >= 0.6 is 0 Å². The molecule has 0 aromatic carbocycles. The summed E-state index contributed by atoms with van der Waals surface area (Å²) in [5, 5.41) is 11.8. The van der Waals surface area contributed by atoms with Gasteiger partial charge in [0.15, 0.2) is 0 Å². The Morgan fingerprint density at radius 2 is 2.25 bits per heavy atom. The van der Waals surface area contributed by atoms with Crippen LogP contribution in [0.25, 0.3) is 0 Å². The van der Waals surface area contributed by atoms with Gasteiger partial charge >= 0.3 is 5.97 Å². The van der Waals surface area contributed by atoms with Gasteiger partial charge in [-0.25, -0.2) is 0 Å². The summed E-state index contributed by atoms with van der Waals surface area (Å²) in [6.07, 6.45) is 4.84. The van der Waals surface area contributed by atoms with Crippen molar-refractivity contribution >= 4 is 5.97 Å². The highest BCUT2D eigenvalue weighted by Crippen LogP contribution is 2.20. The number of likely N-dealkylation sites (tertiary alicyclic amines) is 1. The van der Waals surface area contributed by atoms with Gasteiger partial charge in [-0.1, -0.05) is 19.8 Å². The summed E-state index contributed by atoms with van der Waals surface area (Å²) < 4.78 is 0. The van der Waals surface area contributed by atoms with Crippen molar-refractivity contribution in [1.82, 2.24) is 10.2 Å². The van der Waals surface area contributed by atoms with Crippen LogP contribution in [0.2, 0.25) is 0 Å². The fourth-order valence-corrected chi connectivity index (χ4v) is 2.27. The van der Waals surface area contributed by atoms with Gasteiger partial charge in [-0.05, 0) is 26.3 Å². The Morgan fingerprint density at radius 1 is 1.50 bits per heavy atom. The molecule has 1 heterocycles. The van der Waals surface area contributed by atoms with E-state index < -0.39 is 5.97 Å². The molecular formula is C12H24N2O2. The van der Waals surface area contributed by atoms with E-state index in [1.165, 1.54) is 19.3 Å². The third kappa shape index (κ3) is 4.49. The van der Waals surface area contributed by atoms with Gasteiger partial charge in [-0.3, -0.25) is 4.79 Å². The molecule has 1 aliphatic rings. The van der Waals surface area contributed by atoms with Crippen molar-refractivity contribution in [3.8, 4) is 0 Å². The highest BCUT2D eigenvalue weighted by atomic mass is 16.4. The van der Waals surface area contributed by atoms with Crippen LogP contribution in [0.3, 0.4) is 0 Å². The van der Waals surface area contributed by atoms with Gasteiger partial charge in [0.05, 0.1) is 6.54 Å². The number of aliphatic carboxylic acids is 1. The lowest BCUT2D eigenvalue weighted by Gasteiger charge is -2.25. The highest BCUT2D eigenvalue weighted by molar-refractivity contribution is 5.69. The zero-order valence-electron chi connectivity index (χ0n) is 10.5. The van der Waals surface area contributed by atoms with Gasteiger partial charge in [-0.2, -0.15) is 0 Å². The summed E-state index contributed by atoms with van der Waals surface area (Å²) >= 11 is 0. The predicted molar refractivity (Wildman–Crippen MR) is 64.6 cm³/mol. The number of carboxylic acid groups (broad SMARTS) is 1. The molecule has 1 aliphatic heterocycles. The van der Waals surface area contributed by atoms with Crippen molar-refractivity contribution in [1.29, 1.82) is 0 Å². The number of hydrogen-bond donors (Lipinski definition) is 2. The van der Waals surface area contributed by atoms with E-state index in [0.29, 0.717) is 0 Å². The molecule has 0 amide bonds. The third-order valence-corrected chi connectivity index (χ3v) is 3.30. The first-order valence-electron chi connectivity index (χ1n) is 6.25. The average molecular weight is 228 g/mol. The largest absolute Gasteiger partial charge is 0.480 e. The van der Waals surface area contributed by atoms with Gasteiger partial charge in [0.25, 0.3) is 0 Å². The Bertz CT molecular complexity index is 233. The van der Waals surface area contributed by atoms with Gasteiger partial charge in [-0.15, -0.1) is 0 Å². The SMILES string of the molecule is CCCCCN1CCC(C)(NCC(=O)O)C1. The van der Waals surface area contributed by atoms with Crippen molar-refractivity contribution in [2.45, 2.75) is 45.1 Å². The lowest BCUT2D eigenvalue weighted by Crippen LogP contribution is -2.47. The summed E-state index contributed by atoms with van der Waals surface area (Å²) in [6.45, 7) is 7.62. The monoisotopic (exact) mass is 228 g/mol. The summed E-state index contributed by atoms with van der Waals surface area (Å²) in [4.78, 5) is 12.9. The van der Waals surface area contributed by atoms with Gasteiger partial charge in [0.2, 0.25) is 0 Å². The van der Waals surface area contributed by atoms with Crippen LogP contribution < -0.4 is 5.32 Å². The molecule has 1 atom stereocenters. The molecule has 0 aliphatic carbocycles. The van der Waals surface area contributed by atoms with E-state index in [0.717, 1.165) is 26.1 Å². The number of unbranched alkanes of at least 4 members (excludes halogenated alkanes) is 2.